The number of hydrogen-bond donors (Lipinski definition) is 2. The van der Waals surface area contributed by atoms with E-state index >= 15 is 0 Å². The second-order valence-corrected chi connectivity index (χ2v) is 6.81. The Kier molecular flexibility index (Phi) is 7.02. The van der Waals surface area contributed by atoms with Crippen LogP contribution in [0.25, 0.3) is 10.9 Å². The van der Waals surface area contributed by atoms with Gasteiger partial charge in [0, 0.05) is 34.4 Å². The molecule has 25 heavy (non-hydrogen) atoms. The molecule has 4 nitrogen and oxygen atoms in total. The molecule has 3 rings (SSSR count). The van der Waals surface area contributed by atoms with E-state index in [1.165, 1.54) is 5.56 Å². The average Bonchev–Trinajstić information content (AvgIpc) is 2.56. The molecular formula is C19H21BrClN3O. The number of benzene rings is 1. The summed E-state index contributed by atoms with van der Waals surface area (Å²) < 4.78 is 1.02. The van der Waals surface area contributed by atoms with E-state index in [-0.39, 0.29) is 17.8 Å². The number of rotatable bonds is 6. The number of H-pyrrole nitrogens is 1. The van der Waals surface area contributed by atoms with Crippen molar-refractivity contribution in [2.45, 2.75) is 26.2 Å². The van der Waals surface area contributed by atoms with E-state index in [1.807, 2.05) is 30.5 Å². The predicted molar refractivity (Wildman–Crippen MR) is 110 cm³/mol. The van der Waals surface area contributed by atoms with E-state index in [0.29, 0.717) is 0 Å². The third-order valence-corrected chi connectivity index (χ3v) is 4.48. The van der Waals surface area contributed by atoms with Crippen molar-refractivity contribution in [1.82, 2.24) is 9.97 Å². The molecule has 6 heteroatoms. The maximum absolute atomic E-state index is 12.1. The summed E-state index contributed by atoms with van der Waals surface area (Å²) in [4.78, 5) is 19.8. The molecule has 0 radical (unpaired) electrons. The van der Waals surface area contributed by atoms with Crippen LogP contribution in [-0.4, -0.2) is 16.5 Å². The number of para-hydroxylation sites is 1. The number of hydrogen-bond acceptors (Lipinski definition) is 3. The minimum absolute atomic E-state index is 0. The fourth-order valence-corrected chi connectivity index (χ4v) is 3.21. The number of nitrogens with zero attached hydrogens (tertiary/aromatic N) is 1. The van der Waals surface area contributed by atoms with Gasteiger partial charge in [0.1, 0.15) is 5.82 Å². The van der Waals surface area contributed by atoms with Crippen molar-refractivity contribution in [3.05, 3.63) is 68.5 Å². The van der Waals surface area contributed by atoms with Gasteiger partial charge in [-0.2, -0.15) is 0 Å². The molecular weight excluding hydrogens is 402 g/mol. The molecule has 0 saturated heterocycles. The van der Waals surface area contributed by atoms with Gasteiger partial charge in [0.25, 0.3) is 0 Å². The molecule has 0 aliphatic carbocycles. The Morgan fingerprint density at radius 1 is 1.20 bits per heavy atom. The van der Waals surface area contributed by atoms with Crippen LogP contribution in [0.4, 0.5) is 5.82 Å². The van der Waals surface area contributed by atoms with Gasteiger partial charge in [-0.1, -0.05) is 12.1 Å². The first-order valence-electron chi connectivity index (χ1n) is 8.10. The van der Waals surface area contributed by atoms with Crippen molar-refractivity contribution in [3.8, 4) is 0 Å². The van der Waals surface area contributed by atoms with E-state index in [0.717, 1.165) is 52.7 Å². The highest BCUT2D eigenvalue weighted by atomic mass is 79.9. The molecule has 0 fully saturated rings. The number of nitrogens with one attached hydrogen (secondary N) is 2. The third-order valence-electron chi connectivity index (χ3n) is 4.05. The van der Waals surface area contributed by atoms with Gasteiger partial charge in [-0.25, -0.2) is 0 Å². The summed E-state index contributed by atoms with van der Waals surface area (Å²) in [6, 6.07) is 11.3. The number of aryl methyl sites for hydroxylation is 2. The molecule has 0 unspecified atom stereocenters. The first kappa shape index (κ1) is 19.5. The Morgan fingerprint density at radius 3 is 2.80 bits per heavy atom. The molecule has 0 amide bonds. The van der Waals surface area contributed by atoms with Gasteiger partial charge in [0.15, 0.2) is 5.43 Å². The number of aromatic nitrogens is 2. The highest BCUT2D eigenvalue weighted by Gasteiger charge is 2.03. The van der Waals surface area contributed by atoms with E-state index in [9.17, 15) is 4.79 Å². The van der Waals surface area contributed by atoms with Crippen LogP contribution in [0.1, 0.15) is 24.1 Å². The quantitative estimate of drug-likeness (QED) is 0.558. The second kappa shape index (κ2) is 9.02. The maximum atomic E-state index is 12.1. The molecule has 2 heterocycles. The topological polar surface area (TPSA) is 57.8 Å². The summed E-state index contributed by atoms with van der Waals surface area (Å²) in [6.07, 6.45) is 4.89. The van der Waals surface area contributed by atoms with Gasteiger partial charge in [0.2, 0.25) is 0 Å². The molecule has 0 aliphatic heterocycles. The van der Waals surface area contributed by atoms with Crippen molar-refractivity contribution in [2.24, 2.45) is 0 Å². The van der Waals surface area contributed by atoms with Gasteiger partial charge in [-0.3, -0.25) is 9.78 Å². The standard InChI is InChI=1S/C19H20BrN3O.ClH/c1-13-10-14(20)12-22-16(13)7-4-5-9-21-19-11-18(24)15-6-2-3-8-17(15)23-19;/h2-3,6,8,10-12H,4-5,7,9H2,1H3,(H2,21,23,24);1H. The third kappa shape index (κ3) is 5.06. The molecule has 2 N–H and O–H groups in total. The van der Waals surface area contributed by atoms with Crippen LogP contribution in [-0.2, 0) is 6.42 Å². The van der Waals surface area contributed by atoms with E-state index in [1.54, 1.807) is 6.07 Å². The van der Waals surface area contributed by atoms with Crippen molar-refractivity contribution in [1.29, 1.82) is 0 Å². The number of fused-ring (bicyclic) bond motifs is 1. The monoisotopic (exact) mass is 421 g/mol. The summed E-state index contributed by atoms with van der Waals surface area (Å²) in [5.41, 5.74) is 3.28. The van der Waals surface area contributed by atoms with Gasteiger partial charge < -0.3 is 10.3 Å². The van der Waals surface area contributed by atoms with Crippen LogP contribution in [0, 0.1) is 6.92 Å². The maximum Gasteiger partial charge on any atom is 0.191 e. The smallest absolute Gasteiger partial charge is 0.191 e. The van der Waals surface area contributed by atoms with Crippen LogP contribution in [0.5, 0.6) is 0 Å². The van der Waals surface area contributed by atoms with Gasteiger partial charge in [-0.15, -0.1) is 12.4 Å². The zero-order valence-electron chi connectivity index (χ0n) is 14.0. The lowest BCUT2D eigenvalue weighted by Gasteiger charge is -2.08. The summed E-state index contributed by atoms with van der Waals surface area (Å²) in [6.45, 7) is 2.91. The van der Waals surface area contributed by atoms with Crippen LogP contribution in [0.15, 0.2) is 51.9 Å². The average molecular weight is 423 g/mol. The van der Waals surface area contributed by atoms with Crippen molar-refractivity contribution < 1.29 is 0 Å². The Hall–Kier alpha value is -1.85. The molecule has 0 aliphatic rings. The molecule has 132 valence electrons. The van der Waals surface area contributed by atoms with Crippen molar-refractivity contribution in [3.63, 3.8) is 0 Å². The molecule has 0 spiro atoms. The molecule has 0 saturated carbocycles. The summed E-state index contributed by atoms with van der Waals surface area (Å²) in [7, 11) is 0. The SMILES string of the molecule is Cc1cc(Br)cnc1CCCCNc1cc(=O)c2ccccc2[nH]1.Cl. The number of pyridine rings is 2. The number of aromatic amines is 1. The molecule has 2 aromatic heterocycles. The lowest BCUT2D eigenvalue weighted by molar-refractivity contribution is 0.743. The fourth-order valence-electron chi connectivity index (χ4n) is 2.76. The molecule has 0 atom stereocenters. The highest BCUT2D eigenvalue weighted by molar-refractivity contribution is 9.10. The Labute approximate surface area is 161 Å². The highest BCUT2D eigenvalue weighted by Crippen LogP contribution is 2.15. The first-order valence-corrected chi connectivity index (χ1v) is 8.90. The zero-order chi connectivity index (χ0) is 16.9. The van der Waals surface area contributed by atoms with Gasteiger partial charge in [0.05, 0.1) is 5.52 Å². The molecule has 1 aromatic carbocycles. The zero-order valence-corrected chi connectivity index (χ0v) is 16.4. The van der Waals surface area contributed by atoms with Crippen LogP contribution in [0.2, 0.25) is 0 Å². The molecule has 3 aromatic rings. The minimum Gasteiger partial charge on any atom is -0.372 e. The lowest BCUT2D eigenvalue weighted by atomic mass is 10.1. The summed E-state index contributed by atoms with van der Waals surface area (Å²) in [5, 5.41) is 4.03. The minimum atomic E-state index is 0. The summed E-state index contributed by atoms with van der Waals surface area (Å²) >= 11 is 3.44. The summed E-state index contributed by atoms with van der Waals surface area (Å²) in [5.74, 6) is 0.775. The van der Waals surface area contributed by atoms with Crippen LogP contribution >= 0.6 is 28.3 Å². The van der Waals surface area contributed by atoms with Gasteiger partial charge in [-0.05, 0) is 65.9 Å². The first-order chi connectivity index (χ1) is 11.6. The number of unbranched alkanes of at least 4 members (excludes halogenated alkanes) is 1. The normalized spacial score (nSPS) is 10.5. The Bertz CT molecular complexity index is 911. The number of halogens is 2. The van der Waals surface area contributed by atoms with Gasteiger partial charge >= 0.3 is 0 Å². The fraction of sp³-hybridized carbons (Fsp3) is 0.263. The van der Waals surface area contributed by atoms with E-state index in [4.69, 9.17) is 0 Å². The second-order valence-electron chi connectivity index (χ2n) is 5.89. The van der Waals surface area contributed by atoms with Crippen molar-refractivity contribution in [2.75, 3.05) is 11.9 Å². The van der Waals surface area contributed by atoms with Crippen LogP contribution < -0.4 is 10.7 Å². The Balaban J connectivity index is 0.00000225. The van der Waals surface area contributed by atoms with E-state index < -0.39 is 0 Å². The van der Waals surface area contributed by atoms with E-state index in [2.05, 4.69) is 44.2 Å². The molecule has 0 bridgehead atoms. The number of anilines is 1. The largest absolute Gasteiger partial charge is 0.372 e. The predicted octanol–water partition coefficient (Wildman–Crippen LogP) is 4.85. The van der Waals surface area contributed by atoms with Crippen molar-refractivity contribution >= 4 is 45.1 Å². The Morgan fingerprint density at radius 2 is 2.00 bits per heavy atom. The van der Waals surface area contributed by atoms with Crippen LogP contribution in [0.3, 0.4) is 0 Å². The lowest BCUT2D eigenvalue weighted by Crippen LogP contribution is -2.09.